The first-order valence-electron chi connectivity index (χ1n) is 4.59. The van der Waals surface area contributed by atoms with Crippen molar-refractivity contribution in [3.63, 3.8) is 0 Å². The van der Waals surface area contributed by atoms with Crippen LogP contribution in [0.5, 0.6) is 0 Å². The molecule has 1 amide bonds. The average Bonchev–Trinajstić information content (AvgIpc) is 2.11. The van der Waals surface area contributed by atoms with Crippen molar-refractivity contribution in [3.8, 4) is 0 Å². The minimum Gasteiger partial charge on any atom is -0.463 e. The van der Waals surface area contributed by atoms with Gasteiger partial charge >= 0.3 is 11.9 Å². The number of carbonyl (C=O) groups excluding carboxylic acids is 3. The molecule has 0 aliphatic rings. The monoisotopic (exact) mass is 217 g/mol. The molecule has 0 aliphatic heterocycles. The van der Waals surface area contributed by atoms with Crippen LogP contribution in [-0.4, -0.2) is 30.6 Å². The van der Waals surface area contributed by atoms with Gasteiger partial charge in [-0.1, -0.05) is 0 Å². The number of esters is 2. The predicted octanol–water partition coefficient (Wildman–Crippen LogP) is -0.253. The number of ether oxygens (including phenoxy) is 2. The van der Waals surface area contributed by atoms with E-state index < -0.39 is 23.9 Å². The number of primary amides is 1. The fourth-order valence-electron chi connectivity index (χ4n) is 0.934. The Morgan fingerprint density at radius 3 is 2.33 bits per heavy atom. The Morgan fingerprint density at radius 1 is 1.33 bits per heavy atom. The number of amides is 1. The van der Waals surface area contributed by atoms with Crippen molar-refractivity contribution in [2.75, 3.05) is 6.61 Å². The lowest BCUT2D eigenvalue weighted by atomic mass is 10.2. The third-order valence-electron chi connectivity index (χ3n) is 1.51. The van der Waals surface area contributed by atoms with Crippen molar-refractivity contribution in [1.82, 2.24) is 0 Å². The highest BCUT2D eigenvalue weighted by molar-refractivity contribution is 5.80. The molecule has 1 unspecified atom stereocenters. The Kier molecular flexibility index (Phi) is 6.08. The van der Waals surface area contributed by atoms with E-state index in [1.807, 2.05) is 0 Å². The number of rotatable bonds is 6. The van der Waals surface area contributed by atoms with Crippen molar-refractivity contribution in [2.24, 2.45) is 5.73 Å². The van der Waals surface area contributed by atoms with Gasteiger partial charge in [0.15, 0.2) is 6.10 Å². The largest absolute Gasteiger partial charge is 0.463 e. The molecule has 0 saturated heterocycles. The molecule has 0 spiro atoms. The average molecular weight is 217 g/mol. The Balaban J connectivity index is 4.23. The molecule has 2 N–H and O–H groups in total. The van der Waals surface area contributed by atoms with Gasteiger partial charge in [-0.3, -0.25) is 9.59 Å². The second kappa shape index (κ2) is 6.80. The number of nitrogens with two attached hydrogens (primary N) is 1. The lowest BCUT2D eigenvalue weighted by Gasteiger charge is -2.14. The van der Waals surface area contributed by atoms with Crippen LogP contribution in [0.25, 0.3) is 0 Å². The van der Waals surface area contributed by atoms with E-state index in [1.165, 1.54) is 6.92 Å². The van der Waals surface area contributed by atoms with Gasteiger partial charge in [-0.25, -0.2) is 4.79 Å². The Morgan fingerprint density at radius 2 is 1.93 bits per heavy atom. The first-order valence-corrected chi connectivity index (χ1v) is 4.59. The SMILES string of the molecule is CCOC(=O)C(CCC(N)=O)OC(C)=O. The molecule has 0 heterocycles. The van der Waals surface area contributed by atoms with Gasteiger partial charge in [-0.05, 0) is 6.92 Å². The number of hydrogen-bond donors (Lipinski definition) is 1. The molecule has 0 aromatic carbocycles. The second-order valence-electron chi connectivity index (χ2n) is 2.86. The molecule has 15 heavy (non-hydrogen) atoms. The molecule has 0 bridgehead atoms. The van der Waals surface area contributed by atoms with Gasteiger partial charge < -0.3 is 15.2 Å². The minimum atomic E-state index is -1.05. The Labute approximate surface area is 87.7 Å². The Hall–Kier alpha value is -1.59. The van der Waals surface area contributed by atoms with Crippen molar-refractivity contribution >= 4 is 17.8 Å². The fraction of sp³-hybridized carbons (Fsp3) is 0.667. The second-order valence-corrected chi connectivity index (χ2v) is 2.86. The molecule has 0 fully saturated rings. The van der Waals surface area contributed by atoms with Gasteiger partial charge in [-0.15, -0.1) is 0 Å². The molecule has 0 saturated carbocycles. The minimum absolute atomic E-state index is 0.0310. The van der Waals surface area contributed by atoms with Crippen LogP contribution in [0, 0.1) is 0 Å². The van der Waals surface area contributed by atoms with Gasteiger partial charge in [-0.2, -0.15) is 0 Å². The topological polar surface area (TPSA) is 95.7 Å². The summed E-state index contributed by atoms with van der Waals surface area (Å²) in [5.74, 6) is -1.82. The van der Waals surface area contributed by atoms with E-state index in [2.05, 4.69) is 4.74 Å². The van der Waals surface area contributed by atoms with Crippen LogP contribution in [0.3, 0.4) is 0 Å². The van der Waals surface area contributed by atoms with Crippen molar-refractivity contribution in [1.29, 1.82) is 0 Å². The molecule has 86 valence electrons. The van der Waals surface area contributed by atoms with Gasteiger partial charge in [0.1, 0.15) is 0 Å². The highest BCUT2D eigenvalue weighted by Gasteiger charge is 2.23. The van der Waals surface area contributed by atoms with Crippen LogP contribution in [0.2, 0.25) is 0 Å². The normalized spacial score (nSPS) is 11.6. The first-order chi connectivity index (χ1) is 6.97. The molecule has 0 aromatic rings. The number of hydrogen-bond acceptors (Lipinski definition) is 5. The summed E-state index contributed by atoms with van der Waals surface area (Å²) >= 11 is 0. The molecule has 0 aromatic heterocycles. The summed E-state index contributed by atoms with van der Waals surface area (Å²) in [4.78, 5) is 32.4. The summed E-state index contributed by atoms with van der Waals surface area (Å²) in [7, 11) is 0. The standard InChI is InChI=1S/C9H15NO5/c1-3-14-9(13)7(15-6(2)11)4-5-8(10)12/h7H,3-5H2,1-2H3,(H2,10,12). The summed E-state index contributed by atoms with van der Waals surface area (Å²) in [6.07, 6.45) is -1.03. The van der Waals surface area contributed by atoms with E-state index in [4.69, 9.17) is 10.5 Å². The van der Waals surface area contributed by atoms with Gasteiger partial charge in [0.05, 0.1) is 6.61 Å². The van der Waals surface area contributed by atoms with Crippen LogP contribution in [0.15, 0.2) is 0 Å². The molecule has 1 atom stereocenters. The van der Waals surface area contributed by atoms with Gasteiger partial charge in [0.2, 0.25) is 5.91 Å². The van der Waals surface area contributed by atoms with Crippen LogP contribution in [-0.2, 0) is 23.9 Å². The quantitative estimate of drug-likeness (QED) is 0.619. The summed E-state index contributed by atoms with van der Waals surface area (Å²) < 4.78 is 9.36. The highest BCUT2D eigenvalue weighted by Crippen LogP contribution is 2.05. The molecular formula is C9H15NO5. The summed E-state index contributed by atoms with van der Waals surface area (Å²) in [6.45, 7) is 3.00. The molecule has 0 rings (SSSR count). The lowest BCUT2D eigenvalue weighted by molar-refractivity contribution is -0.167. The van der Waals surface area contributed by atoms with Gasteiger partial charge in [0, 0.05) is 19.8 Å². The third-order valence-corrected chi connectivity index (χ3v) is 1.51. The van der Waals surface area contributed by atoms with Crippen molar-refractivity contribution < 1.29 is 23.9 Å². The third kappa shape index (κ3) is 6.48. The zero-order valence-electron chi connectivity index (χ0n) is 8.82. The zero-order chi connectivity index (χ0) is 11.8. The Bertz CT molecular complexity index is 251. The predicted molar refractivity (Wildman–Crippen MR) is 50.6 cm³/mol. The first kappa shape index (κ1) is 13.4. The van der Waals surface area contributed by atoms with E-state index in [0.29, 0.717) is 0 Å². The van der Waals surface area contributed by atoms with Crippen LogP contribution in [0.4, 0.5) is 0 Å². The van der Waals surface area contributed by atoms with E-state index in [9.17, 15) is 14.4 Å². The summed E-state index contributed by atoms with van der Waals surface area (Å²) in [5.41, 5.74) is 4.91. The van der Waals surface area contributed by atoms with Gasteiger partial charge in [0.25, 0.3) is 0 Å². The molecule has 6 nitrogen and oxygen atoms in total. The van der Waals surface area contributed by atoms with E-state index in [1.54, 1.807) is 6.92 Å². The maximum Gasteiger partial charge on any atom is 0.347 e. The zero-order valence-corrected chi connectivity index (χ0v) is 8.82. The smallest absolute Gasteiger partial charge is 0.347 e. The molecule has 6 heteroatoms. The lowest BCUT2D eigenvalue weighted by Crippen LogP contribution is -2.30. The number of carbonyl (C=O) groups is 3. The van der Waals surface area contributed by atoms with Crippen LogP contribution in [0.1, 0.15) is 26.7 Å². The summed E-state index contributed by atoms with van der Waals surface area (Å²) in [5, 5.41) is 0. The molecular weight excluding hydrogens is 202 g/mol. The van der Waals surface area contributed by atoms with Crippen molar-refractivity contribution in [3.05, 3.63) is 0 Å². The molecule has 0 radical (unpaired) electrons. The van der Waals surface area contributed by atoms with E-state index >= 15 is 0 Å². The maximum atomic E-state index is 11.2. The van der Waals surface area contributed by atoms with Crippen LogP contribution >= 0.6 is 0 Å². The highest BCUT2D eigenvalue weighted by atomic mass is 16.6. The maximum absolute atomic E-state index is 11.2. The fourth-order valence-corrected chi connectivity index (χ4v) is 0.934. The van der Waals surface area contributed by atoms with Crippen LogP contribution < -0.4 is 5.73 Å². The summed E-state index contributed by atoms with van der Waals surface area (Å²) in [6, 6.07) is 0. The van der Waals surface area contributed by atoms with Crippen molar-refractivity contribution in [2.45, 2.75) is 32.8 Å². The van der Waals surface area contributed by atoms with E-state index in [0.717, 1.165) is 0 Å². The molecule has 0 aliphatic carbocycles. The van der Waals surface area contributed by atoms with E-state index in [-0.39, 0.29) is 19.4 Å².